The van der Waals surface area contributed by atoms with Crippen molar-refractivity contribution in [3.05, 3.63) is 54.3 Å². The number of para-hydroxylation sites is 2. The number of carbonyl (C=O) groups is 2. The molecule has 2 N–H and O–H groups in total. The molecule has 27 heavy (non-hydrogen) atoms. The Balaban J connectivity index is 1.93. The molecule has 0 aromatic heterocycles. The first kappa shape index (κ1) is 20.4. The molecule has 0 fully saturated rings. The van der Waals surface area contributed by atoms with E-state index >= 15 is 0 Å². The van der Waals surface area contributed by atoms with Gasteiger partial charge in [0.15, 0.2) is 0 Å². The fraction of sp³-hybridized carbons (Fsp3) is 0.300. The van der Waals surface area contributed by atoms with Crippen molar-refractivity contribution in [1.29, 1.82) is 0 Å². The van der Waals surface area contributed by atoms with E-state index in [1.54, 1.807) is 29.2 Å². The maximum Gasteiger partial charge on any atom is 0.238 e. The van der Waals surface area contributed by atoms with Gasteiger partial charge in [0.25, 0.3) is 0 Å². The average Bonchev–Trinajstić information content (AvgIpc) is 2.62. The molecule has 2 amide bonds. The van der Waals surface area contributed by atoms with Crippen LogP contribution in [0.1, 0.15) is 13.3 Å². The number of rotatable bonds is 9. The molecule has 0 aliphatic rings. The van der Waals surface area contributed by atoms with Crippen LogP contribution in [0.3, 0.4) is 0 Å². The molecule has 0 spiro atoms. The molecule has 0 aliphatic carbocycles. The van der Waals surface area contributed by atoms with E-state index in [1.165, 1.54) is 25.3 Å². The summed E-state index contributed by atoms with van der Waals surface area (Å²) in [5.74, 6) is -0.406. The number of carbonyl (C=O) groups excluding carboxylic acids is 2. The number of halogens is 1. The summed E-state index contributed by atoms with van der Waals surface area (Å²) in [6, 6.07) is 12.8. The second-order valence-electron chi connectivity index (χ2n) is 6.02. The number of nitrogens with zero attached hydrogens (tertiary/aromatic N) is 1. The van der Waals surface area contributed by atoms with E-state index in [-0.39, 0.29) is 24.9 Å². The molecule has 2 aromatic carbocycles. The van der Waals surface area contributed by atoms with Crippen LogP contribution in [0.5, 0.6) is 5.75 Å². The van der Waals surface area contributed by atoms with Crippen molar-refractivity contribution in [2.24, 2.45) is 0 Å². The third-order valence-corrected chi connectivity index (χ3v) is 3.76. The SMILES string of the molecule is CCCN(CC(=O)Nc1cccc(F)c1)CC(=O)Nc1ccccc1OC. The van der Waals surface area contributed by atoms with Gasteiger partial charge >= 0.3 is 0 Å². The smallest absolute Gasteiger partial charge is 0.238 e. The van der Waals surface area contributed by atoms with Gasteiger partial charge in [-0.25, -0.2) is 4.39 Å². The summed E-state index contributed by atoms with van der Waals surface area (Å²) in [4.78, 5) is 26.3. The standard InChI is InChI=1S/C20H24FN3O3/c1-3-11-24(13-19(25)22-16-8-6-7-15(21)12-16)14-20(26)23-17-9-4-5-10-18(17)27-2/h4-10,12H,3,11,13-14H2,1-2H3,(H,22,25)(H,23,26). The first-order valence-electron chi connectivity index (χ1n) is 8.72. The fourth-order valence-corrected chi connectivity index (χ4v) is 2.64. The van der Waals surface area contributed by atoms with Crippen LogP contribution in [0.2, 0.25) is 0 Å². The number of anilines is 2. The molecule has 0 radical (unpaired) electrons. The minimum Gasteiger partial charge on any atom is -0.495 e. The highest BCUT2D eigenvalue weighted by atomic mass is 19.1. The van der Waals surface area contributed by atoms with Crippen LogP contribution in [-0.4, -0.2) is 43.5 Å². The Morgan fingerprint density at radius 3 is 2.41 bits per heavy atom. The second-order valence-corrected chi connectivity index (χ2v) is 6.02. The third-order valence-electron chi connectivity index (χ3n) is 3.76. The highest BCUT2D eigenvalue weighted by molar-refractivity contribution is 5.95. The van der Waals surface area contributed by atoms with Gasteiger partial charge in [0.2, 0.25) is 11.8 Å². The number of hydrogen-bond acceptors (Lipinski definition) is 4. The van der Waals surface area contributed by atoms with Gasteiger partial charge in [-0.2, -0.15) is 0 Å². The molecule has 0 bridgehead atoms. The normalized spacial score (nSPS) is 10.5. The summed E-state index contributed by atoms with van der Waals surface area (Å²) in [6.45, 7) is 2.64. The lowest BCUT2D eigenvalue weighted by Crippen LogP contribution is -2.39. The van der Waals surface area contributed by atoms with Crippen molar-refractivity contribution in [3.63, 3.8) is 0 Å². The minimum absolute atomic E-state index is 0.0314. The predicted octanol–water partition coefficient (Wildman–Crippen LogP) is 3.12. The van der Waals surface area contributed by atoms with Crippen molar-refractivity contribution in [2.75, 3.05) is 37.4 Å². The lowest BCUT2D eigenvalue weighted by atomic mass is 10.3. The Kier molecular flexibility index (Phi) is 7.76. The molecule has 2 aromatic rings. The lowest BCUT2D eigenvalue weighted by Gasteiger charge is -2.21. The van der Waals surface area contributed by atoms with E-state index < -0.39 is 5.82 Å². The zero-order chi connectivity index (χ0) is 19.6. The predicted molar refractivity (Wildman–Crippen MR) is 103 cm³/mol. The van der Waals surface area contributed by atoms with Gasteiger partial charge in [-0.3, -0.25) is 14.5 Å². The summed E-state index contributed by atoms with van der Waals surface area (Å²) >= 11 is 0. The van der Waals surface area contributed by atoms with Crippen LogP contribution in [0, 0.1) is 5.82 Å². The first-order chi connectivity index (χ1) is 13.0. The Morgan fingerprint density at radius 2 is 1.74 bits per heavy atom. The topological polar surface area (TPSA) is 70.7 Å². The number of nitrogens with one attached hydrogen (secondary N) is 2. The Hall–Kier alpha value is -2.93. The molecule has 0 atom stereocenters. The van der Waals surface area contributed by atoms with Crippen LogP contribution >= 0.6 is 0 Å². The Bertz CT molecular complexity index is 783. The highest BCUT2D eigenvalue weighted by Crippen LogP contribution is 2.22. The number of benzene rings is 2. The van der Waals surface area contributed by atoms with Gasteiger partial charge in [-0.1, -0.05) is 25.1 Å². The van der Waals surface area contributed by atoms with E-state index in [4.69, 9.17) is 4.74 Å². The first-order valence-corrected chi connectivity index (χ1v) is 8.72. The minimum atomic E-state index is -0.422. The molecule has 0 saturated carbocycles. The summed E-state index contributed by atoms with van der Waals surface area (Å²) in [5.41, 5.74) is 0.959. The average molecular weight is 373 g/mol. The van der Waals surface area contributed by atoms with Gasteiger partial charge in [-0.15, -0.1) is 0 Å². The quantitative estimate of drug-likeness (QED) is 0.709. The van der Waals surface area contributed by atoms with E-state index in [9.17, 15) is 14.0 Å². The van der Waals surface area contributed by atoms with Crippen molar-refractivity contribution < 1.29 is 18.7 Å². The fourth-order valence-electron chi connectivity index (χ4n) is 2.64. The van der Waals surface area contributed by atoms with Gasteiger partial charge < -0.3 is 15.4 Å². The molecular formula is C20H24FN3O3. The highest BCUT2D eigenvalue weighted by Gasteiger charge is 2.15. The molecule has 0 unspecified atom stereocenters. The van der Waals surface area contributed by atoms with Crippen LogP contribution < -0.4 is 15.4 Å². The summed E-state index contributed by atoms with van der Waals surface area (Å²) in [6.07, 6.45) is 0.787. The van der Waals surface area contributed by atoms with E-state index in [1.807, 2.05) is 13.0 Å². The molecular weight excluding hydrogens is 349 g/mol. The molecule has 0 heterocycles. The molecule has 2 rings (SSSR count). The summed E-state index contributed by atoms with van der Waals surface area (Å²) in [7, 11) is 1.53. The number of amides is 2. The molecule has 6 nitrogen and oxygen atoms in total. The number of methoxy groups -OCH3 is 1. The van der Waals surface area contributed by atoms with E-state index in [0.717, 1.165) is 6.42 Å². The van der Waals surface area contributed by atoms with E-state index in [0.29, 0.717) is 23.7 Å². The second kappa shape index (κ2) is 10.3. The number of hydrogen-bond donors (Lipinski definition) is 2. The molecule has 0 saturated heterocycles. The van der Waals surface area contributed by atoms with Crippen LogP contribution in [-0.2, 0) is 9.59 Å². The van der Waals surface area contributed by atoms with Gasteiger partial charge in [0.1, 0.15) is 11.6 Å². The van der Waals surface area contributed by atoms with E-state index in [2.05, 4.69) is 10.6 Å². The summed E-state index contributed by atoms with van der Waals surface area (Å²) < 4.78 is 18.4. The van der Waals surface area contributed by atoms with Crippen molar-refractivity contribution in [1.82, 2.24) is 4.90 Å². The Labute approximate surface area is 158 Å². The van der Waals surface area contributed by atoms with Crippen LogP contribution in [0.4, 0.5) is 15.8 Å². The monoisotopic (exact) mass is 373 g/mol. The zero-order valence-electron chi connectivity index (χ0n) is 15.5. The molecule has 0 aliphatic heterocycles. The summed E-state index contributed by atoms with van der Waals surface area (Å²) in [5, 5.41) is 5.43. The maximum atomic E-state index is 13.2. The lowest BCUT2D eigenvalue weighted by molar-refractivity contribution is -0.120. The molecule has 7 heteroatoms. The zero-order valence-corrected chi connectivity index (χ0v) is 15.5. The Morgan fingerprint density at radius 1 is 1.04 bits per heavy atom. The van der Waals surface area contributed by atoms with Gasteiger partial charge in [-0.05, 0) is 43.3 Å². The van der Waals surface area contributed by atoms with Crippen molar-refractivity contribution in [2.45, 2.75) is 13.3 Å². The van der Waals surface area contributed by atoms with Gasteiger partial charge in [0, 0.05) is 5.69 Å². The molecule has 144 valence electrons. The van der Waals surface area contributed by atoms with Crippen molar-refractivity contribution >= 4 is 23.2 Å². The van der Waals surface area contributed by atoms with Crippen LogP contribution in [0.25, 0.3) is 0 Å². The third kappa shape index (κ3) is 6.71. The van der Waals surface area contributed by atoms with Crippen molar-refractivity contribution in [3.8, 4) is 5.75 Å². The van der Waals surface area contributed by atoms with Crippen LogP contribution in [0.15, 0.2) is 48.5 Å². The van der Waals surface area contributed by atoms with Gasteiger partial charge in [0.05, 0.1) is 25.9 Å². The largest absolute Gasteiger partial charge is 0.495 e. The maximum absolute atomic E-state index is 13.2. The number of ether oxygens (including phenoxy) is 1.